The lowest BCUT2D eigenvalue weighted by Crippen LogP contribution is -2.09. The van der Waals surface area contributed by atoms with Crippen LogP contribution in [0.2, 0.25) is 0 Å². The third-order valence-corrected chi connectivity index (χ3v) is 11.7. The van der Waals surface area contributed by atoms with Crippen LogP contribution in [0.25, 0.3) is 88.3 Å². The van der Waals surface area contributed by atoms with E-state index in [-0.39, 0.29) is 0 Å². The molecule has 282 valence electrons. The Bertz CT molecular complexity index is 3260. The number of para-hydroxylation sites is 1. The Hall–Kier alpha value is -7.94. The van der Waals surface area contributed by atoms with Gasteiger partial charge in [0.2, 0.25) is 0 Å². The number of hydrogen-bond donors (Lipinski definition) is 0. The van der Waals surface area contributed by atoms with E-state index in [1.54, 1.807) is 0 Å². The minimum Gasteiger partial charge on any atom is -0.455 e. The topological polar surface area (TPSA) is 16.4 Å². The summed E-state index contributed by atoms with van der Waals surface area (Å²) in [4.78, 5) is 2.33. The third kappa shape index (κ3) is 6.23. The predicted molar refractivity (Wildman–Crippen MR) is 253 cm³/mol. The van der Waals surface area contributed by atoms with Gasteiger partial charge >= 0.3 is 0 Å². The molecular formula is C58H39NO. The van der Waals surface area contributed by atoms with E-state index >= 15 is 0 Å². The van der Waals surface area contributed by atoms with Gasteiger partial charge in [0.05, 0.1) is 0 Å². The van der Waals surface area contributed by atoms with Gasteiger partial charge in [0.1, 0.15) is 11.3 Å². The van der Waals surface area contributed by atoms with E-state index in [9.17, 15) is 0 Å². The van der Waals surface area contributed by atoms with Gasteiger partial charge < -0.3 is 9.32 Å². The highest BCUT2D eigenvalue weighted by atomic mass is 16.3. The second-order valence-electron chi connectivity index (χ2n) is 15.2. The summed E-state index contributed by atoms with van der Waals surface area (Å²) in [5.41, 5.74) is 14.7. The van der Waals surface area contributed by atoms with Crippen LogP contribution < -0.4 is 4.90 Å². The summed E-state index contributed by atoms with van der Waals surface area (Å²) in [6.45, 7) is 0. The van der Waals surface area contributed by atoms with Crippen LogP contribution in [0.1, 0.15) is 0 Å². The molecule has 0 saturated carbocycles. The smallest absolute Gasteiger partial charge is 0.143 e. The van der Waals surface area contributed by atoms with Crippen LogP contribution in [0.4, 0.5) is 17.1 Å². The molecule has 0 N–H and O–H groups in total. The molecule has 0 radical (unpaired) electrons. The molecule has 1 heterocycles. The zero-order valence-electron chi connectivity index (χ0n) is 32.9. The third-order valence-electron chi connectivity index (χ3n) is 11.7. The Morgan fingerprint density at radius 3 is 1.35 bits per heavy atom. The first kappa shape index (κ1) is 35.2. The normalized spacial score (nSPS) is 11.3. The summed E-state index contributed by atoms with van der Waals surface area (Å²) in [6.07, 6.45) is 0. The van der Waals surface area contributed by atoms with Crippen LogP contribution >= 0.6 is 0 Å². The van der Waals surface area contributed by atoms with E-state index in [0.29, 0.717) is 0 Å². The minimum absolute atomic E-state index is 0.892. The van der Waals surface area contributed by atoms with Crippen molar-refractivity contribution in [2.24, 2.45) is 0 Å². The molecule has 0 fully saturated rings. The summed E-state index contributed by atoms with van der Waals surface area (Å²) in [5, 5.41) is 5.82. The van der Waals surface area contributed by atoms with Gasteiger partial charge in [-0.1, -0.05) is 188 Å². The van der Waals surface area contributed by atoms with Crippen molar-refractivity contribution in [1.29, 1.82) is 0 Å². The van der Waals surface area contributed by atoms with Crippen LogP contribution in [0.3, 0.4) is 0 Å². The number of rotatable bonds is 8. The highest BCUT2D eigenvalue weighted by molar-refractivity contribution is 6.28. The number of furan rings is 1. The molecule has 0 aliphatic carbocycles. The van der Waals surface area contributed by atoms with E-state index in [1.165, 1.54) is 38.4 Å². The van der Waals surface area contributed by atoms with Gasteiger partial charge in [-0.25, -0.2) is 0 Å². The van der Waals surface area contributed by atoms with Crippen LogP contribution in [0.15, 0.2) is 241 Å². The number of nitrogens with zero attached hydrogens (tertiary/aromatic N) is 1. The molecule has 0 spiro atoms. The largest absolute Gasteiger partial charge is 0.455 e. The molecule has 2 nitrogen and oxygen atoms in total. The van der Waals surface area contributed by atoms with Gasteiger partial charge in [0.15, 0.2) is 0 Å². The molecule has 1 aromatic heterocycles. The molecule has 0 bridgehead atoms. The van der Waals surface area contributed by atoms with E-state index in [2.05, 4.69) is 241 Å². The van der Waals surface area contributed by atoms with Crippen molar-refractivity contribution in [2.75, 3.05) is 4.90 Å². The van der Waals surface area contributed by atoms with E-state index in [4.69, 9.17) is 4.42 Å². The maximum atomic E-state index is 6.99. The van der Waals surface area contributed by atoms with E-state index in [1.807, 2.05) is 0 Å². The minimum atomic E-state index is 0.892. The summed E-state index contributed by atoms with van der Waals surface area (Å²) in [5.74, 6) is 0.892. The molecule has 0 amide bonds. The molecule has 10 aromatic carbocycles. The molecular weight excluding hydrogens is 727 g/mol. The first-order chi connectivity index (χ1) is 29.8. The van der Waals surface area contributed by atoms with Crippen molar-refractivity contribution in [2.45, 2.75) is 0 Å². The fourth-order valence-corrected chi connectivity index (χ4v) is 8.85. The average molecular weight is 766 g/mol. The lowest BCUT2D eigenvalue weighted by atomic mass is 9.91. The summed E-state index contributed by atoms with van der Waals surface area (Å²) in [7, 11) is 0. The molecule has 0 aliphatic rings. The average Bonchev–Trinajstić information content (AvgIpc) is 3.75. The SMILES string of the molecule is c1ccc(-c2ccccc2-c2ccc(N(c3ccccc3)c3ccc(-c4ccc5c(c4)c4ccccc4c4c(-c6ccccc6)c(-c6ccccc6)oc54)cc3)cc2)cc1. The van der Waals surface area contributed by atoms with Crippen molar-refractivity contribution in [3.05, 3.63) is 237 Å². The molecule has 0 aliphatic heterocycles. The first-order valence-corrected chi connectivity index (χ1v) is 20.5. The molecule has 60 heavy (non-hydrogen) atoms. The molecule has 0 unspecified atom stereocenters. The highest BCUT2D eigenvalue weighted by Crippen LogP contribution is 2.48. The van der Waals surface area contributed by atoms with Crippen molar-refractivity contribution in [3.63, 3.8) is 0 Å². The number of hydrogen-bond acceptors (Lipinski definition) is 2. The van der Waals surface area contributed by atoms with Crippen LogP contribution in [-0.4, -0.2) is 0 Å². The lowest BCUT2D eigenvalue weighted by molar-refractivity contribution is 0.636. The van der Waals surface area contributed by atoms with E-state index in [0.717, 1.165) is 67.0 Å². The molecule has 2 heteroatoms. The van der Waals surface area contributed by atoms with Crippen LogP contribution in [0, 0.1) is 0 Å². The van der Waals surface area contributed by atoms with Crippen molar-refractivity contribution in [1.82, 2.24) is 0 Å². The second-order valence-corrected chi connectivity index (χ2v) is 15.2. The standard InChI is InChI=1S/C58H39NO/c1-5-17-41(18-6-1)49-25-13-14-26-50(49)42-31-36-48(37-32-42)59(46-23-11-4-12-24-46)47-34-29-40(30-35-47)45-33-38-53-54(39-45)51-27-15-16-28-52(51)56-55(43-19-7-2-8-20-43)57(60-58(53)56)44-21-9-3-10-22-44/h1-39H. The molecule has 11 aromatic rings. The zero-order valence-corrected chi connectivity index (χ0v) is 32.9. The van der Waals surface area contributed by atoms with Gasteiger partial charge in [-0.2, -0.15) is 0 Å². The quantitative estimate of drug-likeness (QED) is 0.143. The van der Waals surface area contributed by atoms with Gasteiger partial charge in [0.25, 0.3) is 0 Å². The molecule has 0 atom stereocenters. The van der Waals surface area contributed by atoms with E-state index < -0.39 is 0 Å². The summed E-state index contributed by atoms with van der Waals surface area (Å²) in [6, 6.07) is 84.4. The van der Waals surface area contributed by atoms with Gasteiger partial charge in [0, 0.05) is 39.0 Å². The van der Waals surface area contributed by atoms with Crippen molar-refractivity contribution < 1.29 is 4.42 Å². The van der Waals surface area contributed by atoms with Crippen LogP contribution in [-0.2, 0) is 0 Å². The van der Waals surface area contributed by atoms with Gasteiger partial charge in [-0.05, 0) is 104 Å². The van der Waals surface area contributed by atoms with Gasteiger partial charge in [-0.15, -0.1) is 0 Å². The monoisotopic (exact) mass is 765 g/mol. The fourth-order valence-electron chi connectivity index (χ4n) is 8.85. The maximum Gasteiger partial charge on any atom is 0.143 e. The Labute approximate surface area is 349 Å². The Kier molecular flexibility index (Phi) is 8.87. The maximum absolute atomic E-state index is 6.99. The molecule has 11 rings (SSSR count). The number of benzene rings is 10. The fraction of sp³-hybridized carbons (Fsp3) is 0. The van der Waals surface area contributed by atoms with Crippen molar-refractivity contribution in [3.8, 4) is 55.8 Å². The van der Waals surface area contributed by atoms with Gasteiger partial charge in [-0.3, -0.25) is 0 Å². The molecule has 0 saturated heterocycles. The first-order valence-electron chi connectivity index (χ1n) is 20.5. The highest BCUT2D eigenvalue weighted by Gasteiger charge is 2.23. The lowest BCUT2D eigenvalue weighted by Gasteiger charge is -2.26. The Balaban J connectivity index is 0.994. The van der Waals surface area contributed by atoms with Crippen LogP contribution in [0.5, 0.6) is 0 Å². The van der Waals surface area contributed by atoms with Crippen molar-refractivity contribution >= 4 is 49.6 Å². The Morgan fingerprint density at radius 1 is 0.283 bits per heavy atom. The second kappa shape index (κ2) is 15.1. The predicted octanol–water partition coefficient (Wildman–Crippen LogP) is 16.5. The number of anilines is 3. The summed E-state index contributed by atoms with van der Waals surface area (Å²) < 4.78 is 6.99. The summed E-state index contributed by atoms with van der Waals surface area (Å²) >= 11 is 0. The zero-order chi connectivity index (χ0) is 39.8. The Morgan fingerprint density at radius 2 is 0.733 bits per heavy atom. The number of fused-ring (bicyclic) bond motifs is 6.